The molecule has 0 bridgehead atoms. The van der Waals surface area contributed by atoms with Gasteiger partial charge in [0.25, 0.3) is 0 Å². The van der Waals surface area contributed by atoms with E-state index >= 15 is 0 Å². The number of nitrogens with zero attached hydrogens (tertiary/aromatic N) is 4. The van der Waals surface area contributed by atoms with E-state index in [-0.39, 0.29) is 22.7 Å². The lowest BCUT2D eigenvalue weighted by Crippen LogP contribution is -2.20. The van der Waals surface area contributed by atoms with E-state index in [0.29, 0.717) is 22.2 Å². The van der Waals surface area contributed by atoms with Crippen molar-refractivity contribution in [3.05, 3.63) is 82.4 Å². The Morgan fingerprint density at radius 1 is 1.03 bits per heavy atom. The van der Waals surface area contributed by atoms with Crippen LogP contribution in [0.25, 0.3) is 11.3 Å². The summed E-state index contributed by atoms with van der Waals surface area (Å²) >= 11 is 1.25. The summed E-state index contributed by atoms with van der Waals surface area (Å²) in [6.45, 7) is 1.98. The van der Waals surface area contributed by atoms with Gasteiger partial charge in [0, 0.05) is 23.6 Å². The SMILES string of the molecule is COc1ccc(-n2ccn3c(SCC(=O)c4ccc(C)cc4)nnc3c2=O)cc1. The van der Waals surface area contributed by atoms with Gasteiger partial charge in [-0.2, -0.15) is 0 Å². The number of benzene rings is 2. The Balaban J connectivity index is 1.57. The van der Waals surface area contributed by atoms with E-state index in [1.54, 1.807) is 48.2 Å². The maximum atomic E-state index is 12.8. The molecule has 0 aliphatic carbocycles. The van der Waals surface area contributed by atoms with Gasteiger partial charge in [0.2, 0.25) is 5.65 Å². The first-order valence-corrected chi connectivity index (χ1v) is 9.89. The van der Waals surface area contributed by atoms with Gasteiger partial charge < -0.3 is 4.74 Å². The molecule has 0 saturated carbocycles. The third kappa shape index (κ3) is 3.79. The number of Topliss-reactive ketones (excluding diaryl/α,β-unsaturated/α-hetero) is 1. The van der Waals surface area contributed by atoms with E-state index in [1.807, 2.05) is 31.2 Å². The maximum absolute atomic E-state index is 12.8. The lowest BCUT2D eigenvalue weighted by Gasteiger charge is -2.07. The molecule has 2 aromatic heterocycles. The Morgan fingerprint density at radius 3 is 2.45 bits per heavy atom. The summed E-state index contributed by atoms with van der Waals surface area (Å²) in [5, 5.41) is 8.61. The highest BCUT2D eigenvalue weighted by Crippen LogP contribution is 2.19. The largest absolute Gasteiger partial charge is 0.497 e. The molecular formula is C21H18N4O3S. The van der Waals surface area contributed by atoms with Crippen LogP contribution in [0.15, 0.2) is 70.9 Å². The minimum absolute atomic E-state index is 0.00155. The minimum Gasteiger partial charge on any atom is -0.497 e. The summed E-state index contributed by atoms with van der Waals surface area (Å²) < 4.78 is 8.25. The number of aryl methyl sites for hydroxylation is 1. The molecule has 0 aliphatic heterocycles. The number of thioether (sulfide) groups is 1. The molecular weight excluding hydrogens is 388 g/mol. The second kappa shape index (κ2) is 7.92. The standard InChI is InChI=1S/C21H18N4O3S/c1-14-3-5-15(6-4-14)18(26)13-29-21-23-22-19-20(27)24(11-12-25(19)21)16-7-9-17(28-2)10-8-16/h3-12H,13H2,1-2H3. The highest BCUT2D eigenvalue weighted by molar-refractivity contribution is 7.99. The first-order valence-electron chi connectivity index (χ1n) is 8.90. The predicted octanol–water partition coefficient (Wildman–Crippen LogP) is 3.17. The smallest absolute Gasteiger partial charge is 0.300 e. The van der Waals surface area contributed by atoms with Crippen LogP contribution < -0.4 is 10.3 Å². The number of hydrogen-bond acceptors (Lipinski definition) is 6. The van der Waals surface area contributed by atoms with Crippen molar-refractivity contribution in [2.45, 2.75) is 12.1 Å². The van der Waals surface area contributed by atoms with Crippen LogP contribution in [0, 0.1) is 6.92 Å². The van der Waals surface area contributed by atoms with Gasteiger partial charge in [-0.15, -0.1) is 10.2 Å². The maximum Gasteiger partial charge on any atom is 0.300 e. The summed E-state index contributed by atoms with van der Waals surface area (Å²) in [5.41, 5.74) is 2.37. The van der Waals surface area contributed by atoms with Crippen molar-refractivity contribution in [2.75, 3.05) is 12.9 Å². The fourth-order valence-corrected chi connectivity index (χ4v) is 3.68. The number of carbonyl (C=O) groups excluding carboxylic acids is 1. The molecule has 8 heteroatoms. The van der Waals surface area contributed by atoms with E-state index in [4.69, 9.17) is 4.74 Å². The molecule has 0 saturated heterocycles. The van der Waals surface area contributed by atoms with Crippen molar-refractivity contribution in [3.8, 4) is 11.4 Å². The molecule has 0 atom stereocenters. The highest BCUT2D eigenvalue weighted by atomic mass is 32.2. The van der Waals surface area contributed by atoms with E-state index < -0.39 is 0 Å². The molecule has 0 N–H and O–H groups in total. The zero-order chi connectivity index (χ0) is 20.4. The van der Waals surface area contributed by atoms with Crippen LogP contribution in [0.5, 0.6) is 5.75 Å². The van der Waals surface area contributed by atoms with Gasteiger partial charge in [0.15, 0.2) is 10.9 Å². The average Bonchev–Trinajstić information content (AvgIpc) is 3.17. The first-order chi connectivity index (χ1) is 14.1. The molecule has 4 rings (SSSR count). The number of hydrogen-bond donors (Lipinski definition) is 0. The van der Waals surface area contributed by atoms with Gasteiger partial charge in [-0.05, 0) is 31.2 Å². The fraction of sp³-hybridized carbons (Fsp3) is 0.143. The summed E-state index contributed by atoms with van der Waals surface area (Å²) in [7, 11) is 1.59. The van der Waals surface area contributed by atoms with Crippen LogP contribution in [0.4, 0.5) is 0 Å². The van der Waals surface area contributed by atoms with Crippen LogP contribution in [0.3, 0.4) is 0 Å². The van der Waals surface area contributed by atoms with E-state index in [0.717, 1.165) is 5.56 Å². The number of methoxy groups -OCH3 is 1. The van der Waals surface area contributed by atoms with Crippen molar-refractivity contribution in [2.24, 2.45) is 0 Å². The Kier molecular flexibility index (Phi) is 5.18. The molecule has 146 valence electrons. The Morgan fingerprint density at radius 2 is 1.76 bits per heavy atom. The van der Waals surface area contributed by atoms with Gasteiger partial charge >= 0.3 is 5.56 Å². The normalized spacial score (nSPS) is 11.0. The van der Waals surface area contributed by atoms with Crippen molar-refractivity contribution in [1.29, 1.82) is 0 Å². The number of ether oxygens (including phenoxy) is 1. The number of rotatable bonds is 6. The van der Waals surface area contributed by atoms with E-state index in [2.05, 4.69) is 10.2 Å². The van der Waals surface area contributed by atoms with Crippen LogP contribution in [-0.2, 0) is 0 Å². The average molecular weight is 406 g/mol. The topological polar surface area (TPSA) is 78.5 Å². The molecule has 4 aromatic rings. The molecule has 29 heavy (non-hydrogen) atoms. The quantitative estimate of drug-likeness (QED) is 0.362. The van der Waals surface area contributed by atoms with Crippen molar-refractivity contribution >= 4 is 23.2 Å². The monoisotopic (exact) mass is 406 g/mol. The van der Waals surface area contributed by atoms with Crippen LogP contribution >= 0.6 is 11.8 Å². The first kappa shape index (κ1) is 18.9. The van der Waals surface area contributed by atoms with Gasteiger partial charge in [-0.1, -0.05) is 41.6 Å². The third-order valence-corrected chi connectivity index (χ3v) is 5.44. The van der Waals surface area contributed by atoms with E-state index in [1.165, 1.54) is 16.3 Å². The molecule has 2 aromatic carbocycles. The highest BCUT2D eigenvalue weighted by Gasteiger charge is 2.14. The molecule has 0 spiro atoms. The Hall–Kier alpha value is -3.39. The zero-order valence-electron chi connectivity index (χ0n) is 15.9. The van der Waals surface area contributed by atoms with Crippen LogP contribution in [0.1, 0.15) is 15.9 Å². The zero-order valence-corrected chi connectivity index (χ0v) is 16.7. The van der Waals surface area contributed by atoms with Gasteiger partial charge in [-0.3, -0.25) is 18.6 Å². The fourth-order valence-electron chi connectivity index (χ4n) is 2.86. The molecule has 0 aliphatic rings. The van der Waals surface area contributed by atoms with Gasteiger partial charge in [0.1, 0.15) is 5.75 Å². The third-order valence-electron chi connectivity index (χ3n) is 4.50. The Bertz CT molecular complexity index is 1230. The van der Waals surface area contributed by atoms with Crippen molar-refractivity contribution in [3.63, 3.8) is 0 Å². The number of ketones is 1. The van der Waals surface area contributed by atoms with Gasteiger partial charge in [-0.25, -0.2) is 0 Å². The molecule has 0 radical (unpaired) electrons. The molecule has 0 amide bonds. The summed E-state index contributed by atoms with van der Waals surface area (Å²) in [5.74, 6) is 0.923. The second-order valence-corrected chi connectivity index (χ2v) is 7.37. The lowest BCUT2D eigenvalue weighted by molar-refractivity contribution is 0.102. The summed E-state index contributed by atoms with van der Waals surface area (Å²) in [4.78, 5) is 25.2. The Labute approximate surface area is 171 Å². The van der Waals surface area contributed by atoms with E-state index in [9.17, 15) is 9.59 Å². The summed E-state index contributed by atoms with van der Waals surface area (Å²) in [6.07, 6.45) is 3.38. The second-order valence-electron chi connectivity index (χ2n) is 6.43. The van der Waals surface area contributed by atoms with Crippen molar-refractivity contribution in [1.82, 2.24) is 19.2 Å². The van der Waals surface area contributed by atoms with Gasteiger partial charge in [0.05, 0.1) is 12.9 Å². The molecule has 0 unspecified atom stereocenters. The minimum atomic E-state index is -0.290. The number of carbonyl (C=O) groups is 1. The predicted molar refractivity (Wildman–Crippen MR) is 111 cm³/mol. The molecule has 7 nitrogen and oxygen atoms in total. The molecule has 2 heterocycles. The van der Waals surface area contributed by atoms with Crippen LogP contribution in [-0.4, -0.2) is 37.8 Å². The number of aromatic nitrogens is 4. The summed E-state index contributed by atoms with van der Waals surface area (Å²) in [6, 6.07) is 14.6. The molecule has 0 fully saturated rings. The number of fused-ring (bicyclic) bond motifs is 1. The van der Waals surface area contributed by atoms with Crippen molar-refractivity contribution < 1.29 is 9.53 Å². The lowest BCUT2D eigenvalue weighted by atomic mass is 10.1. The van der Waals surface area contributed by atoms with Crippen LogP contribution in [0.2, 0.25) is 0 Å².